The molecule has 0 aliphatic heterocycles. The molecule has 19 heavy (non-hydrogen) atoms. The Labute approximate surface area is 117 Å². The molecule has 1 fully saturated rings. The van der Waals surface area contributed by atoms with Gasteiger partial charge in [0.1, 0.15) is 5.60 Å². The van der Waals surface area contributed by atoms with Crippen molar-refractivity contribution in [2.24, 2.45) is 0 Å². The maximum absolute atomic E-state index is 11.7. The minimum atomic E-state index is -0.414. The maximum Gasteiger partial charge on any atom is 0.407 e. The zero-order chi connectivity index (χ0) is 14.3. The highest BCUT2D eigenvalue weighted by molar-refractivity contribution is 5.68. The number of unbranched alkanes of at least 4 members (excludes halogenated alkanes) is 1. The van der Waals surface area contributed by atoms with Crippen molar-refractivity contribution in [1.82, 2.24) is 10.6 Å². The lowest BCUT2D eigenvalue weighted by Crippen LogP contribution is -2.44. The SMILES string of the molecule is CCCCNC1CCC(NC(=O)OC(C)(C)C)CC1. The predicted octanol–water partition coefficient (Wildman–Crippen LogP) is 3.21. The van der Waals surface area contributed by atoms with Crippen LogP contribution in [0.3, 0.4) is 0 Å². The smallest absolute Gasteiger partial charge is 0.407 e. The normalized spacial score (nSPS) is 24.0. The summed E-state index contributed by atoms with van der Waals surface area (Å²) < 4.78 is 5.28. The number of amides is 1. The summed E-state index contributed by atoms with van der Waals surface area (Å²) in [5.41, 5.74) is -0.414. The molecule has 0 unspecified atom stereocenters. The predicted molar refractivity (Wildman–Crippen MR) is 78.3 cm³/mol. The van der Waals surface area contributed by atoms with Gasteiger partial charge in [0.25, 0.3) is 0 Å². The third-order valence-electron chi connectivity index (χ3n) is 3.41. The molecule has 1 aliphatic carbocycles. The van der Waals surface area contributed by atoms with Gasteiger partial charge in [0.05, 0.1) is 0 Å². The van der Waals surface area contributed by atoms with Crippen molar-refractivity contribution in [3.63, 3.8) is 0 Å². The highest BCUT2D eigenvalue weighted by Gasteiger charge is 2.24. The average molecular weight is 270 g/mol. The summed E-state index contributed by atoms with van der Waals surface area (Å²) in [7, 11) is 0. The highest BCUT2D eigenvalue weighted by atomic mass is 16.6. The second-order valence-electron chi connectivity index (χ2n) is 6.50. The van der Waals surface area contributed by atoms with Crippen LogP contribution in [0.4, 0.5) is 4.79 Å². The van der Waals surface area contributed by atoms with E-state index in [4.69, 9.17) is 4.74 Å². The Bertz CT molecular complexity index is 266. The van der Waals surface area contributed by atoms with E-state index >= 15 is 0 Å². The second-order valence-corrected chi connectivity index (χ2v) is 6.50. The molecule has 0 radical (unpaired) electrons. The van der Waals surface area contributed by atoms with E-state index < -0.39 is 5.60 Å². The topological polar surface area (TPSA) is 50.4 Å². The van der Waals surface area contributed by atoms with E-state index in [0.29, 0.717) is 6.04 Å². The number of hydrogen-bond acceptors (Lipinski definition) is 3. The van der Waals surface area contributed by atoms with Gasteiger partial charge in [0.2, 0.25) is 0 Å². The molecule has 2 N–H and O–H groups in total. The third kappa shape index (κ3) is 7.41. The van der Waals surface area contributed by atoms with E-state index in [-0.39, 0.29) is 12.1 Å². The number of alkyl carbamates (subject to hydrolysis) is 1. The minimum Gasteiger partial charge on any atom is -0.444 e. The molecule has 0 atom stereocenters. The molecule has 1 aliphatic rings. The molecule has 4 heteroatoms. The fourth-order valence-electron chi connectivity index (χ4n) is 2.40. The molecule has 0 spiro atoms. The molecule has 4 nitrogen and oxygen atoms in total. The first-order valence-corrected chi connectivity index (χ1v) is 7.63. The van der Waals surface area contributed by atoms with Crippen LogP contribution in [-0.2, 0) is 4.74 Å². The summed E-state index contributed by atoms with van der Waals surface area (Å²) in [5.74, 6) is 0. The van der Waals surface area contributed by atoms with Crippen molar-refractivity contribution >= 4 is 6.09 Å². The largest absolute Gasteiger partial charge is 0.444 e. The number of ether oxygens (including phenoxy) is 1. The molecule has 1 rings (SSSR count). The summed E-state index contributed by atoms with van der Waals surface area (Å²) in [5, 5.41) is 6.56. The van der Waals surface area contributed by atoms with Crippen LogP contribution in [0.1, 0.15) is 66.2 Å². The van der Waals surface area contributed by atoms with Gasteiger partial charge in [-0.3, -0.25) is 0 Å². The van der Waals surface area contributed by atoms with E-state index in [1.165, 1.54) is 12.8 Å². The van der Waals surface area contributed by atoms with Crippen molar-refractivity contribution in [1.29, 1.82) is 0 Å². The summed E-state index contributed by atoms with van der Waals surface area (Å²) in [6, 6.07) is 0.905. The van der Waals surface area contributed by atoms with Crippen molar-refractivity contribution in [3.8, 4) is 0 Å². The quantitative estimate of drug-likeness (QED) is 0.754. The van der Waals surface area contributed by atoms with Gasteiger partial charge in [-0.25, -0.2) is 4.79 Å². The van der Waals surface area contributed by atoms with Gasteiger partial charge in [0.15, 0.2) is 0 Å². The van der Waals surface area contributed by atoms with E-state index in [2.05, 4.69) is 17.6 Å². The van der Waals surface area contributed by atoms with Crippen LogP contribution in [-0.4, -0.2) is 30.3 Å². The maximum atomic E-state index is 11.7. The van der Waals surface area contributed by atoms with Gasteiger partial charge >= 0.3 is 6.09 Å². The van der Waals surface area contributed by atoms with Gasteiger partial charge in [-0.2, -0.15) is 0 Å². The fraction of sp³-hybridized carbons (Fsp3) is 0.933. The lowest BCUT2D eigenvalue weighted by molar-refractivity contribution is 0.0490. The molecule has 0 aromatic heterocycles. The van der Waals surface area contributed by atoms with Crippen LogP contribution in [0.5, 0.6) is 0 Å². The van der Waals surface area contributed by atoms with Crippen LogP contribution >= 0.6 is 0 Å². The first kappa shape index (κ1) is 16.3. The van der Waals surface area contributed by atoms with Gasteiger partial charge in [-0.15, -0.1) is 0 Å². The number of hydrogen-bond donors (Lipinski definition) is 2. The van der Waals surface area contributed by atoms with Crippen molar-refractivity contribution in [2.75, 3.05) is 6.54 Å². The molecule has 0 aromatic rings. The van der Waals surface area contributed by atoms with Crippen molar-refractivity contribution < 1.29 is 9.53 Å². The summed E-state index contributed by atoms with van der Waals surface area (Å²) in [6.07, 6.45) is 6.58. The monoisotopic (exact) mass is 270 g/mol. The van der Waals surface area contributed by atoms with Crippen LogP contribution in [0, 0.1) is 0 Å². The van der Waals surface area contributed by atoms with Crippen LogP contribution in [0.15, 0.2) is 0 Å². The minimum absolute atomic E-state index is 0.277. The Morgan fingerprint density at radius 2 is 1.74 bits per heavy atom. The number of rotatable bonds is 5. The van der Waals surface area contributed by atoms with Crippen molar-refractivity contribution in [3.05, 3.63) is 0 Å². The Hall–Kier alpha value is -0.770. The number of carbonyl (C=O) groups excluding carboxylic acids is 1. The Balaban J connectivity index is 2.17. The molecular formula is C15H30N2O2. The number of nitrogens with one attached hydrogen (secondary N) is 2. The van der Waals surface area contributed by atoms with Crippen LogP contribution in [0.2, 0.25) is 0 Å². The fourth-order valence-corrected chi connectivity index (χ4v) is 2.40. The van der Waals surface area contributed by atoms with Gasteiger partial charge in [-0.05, 0) is 59.4 Å². The van der Waals surface area contributed by atoms with Gasteiger partial charge < -0.3 is 15.4 Å². The molecule has 0 saturated heterocycles. The molecule has 112 valence electrons. The second kappa shape index (κ2) is 7.73. The first-order chi connectivity index (χ1) is 8.90. The van der Waals surface area contributed by atoms with Gasteiger partial charge in [0, 0.05) is 12.1 Å². The molecule has 0 heterocycles. The van der Waals surface area contributed by atoms with E-state index in [1.807, 2.05) is 20.8 Å². The van der Waals surface area contributed by atoms with E-state index in [0.717, 1.165) is 32.2 Å². The van der Waals surface area contributed by atoms with E-state index in [1.54, 1.807) is 0 Å². The summed E-state index contributed by atoms with van der Waals surface area (Å²) >= 11 is 0. The van der Waals surface area contributed by atoms with E-state index in [9.17, 15) is 4.79 Å². The molecule has 0 bridgehead atoms. The Morgan fingerprint density at radius 3 is 2.26 bits per heavy atom. The van der Waals surface area contributed by atoms with Crippen molar-refractivity contribution in [2.45, 2.75) is 83.9 Å². The third-order valence-corrected chi connectivity index (χ3v) is 3.41. The van der Waals surface area contributed by atoms with Crippen LogP contribution in [0.25, 0.3) is 0 Å². The highest BCUT2D eigenvalue weighted by Crippen LogP contribution is 2.19. The standard InChI is InChI=1S/C15H30N2O2/c1-5-6-11-16-12-7-9-13(10-8-12)17-14(18)19-15(2,3)4/h12-13,16H,5-11H2,1-4H3,(H,17,18). The average Bonchev–Trinajstić information content (AvgIpc) is 2.29. The Morgan fingerprint density at radius 1 is 1.16 bits per heavy atom. The zero-order valence-electron chi connectivity index (χ0n) is 12.9. The van der Waals surface area contributed by atoms with Crippen LogP contribution < -0.4 is 10.6 Å². The Kier molecular flexibility index (Phi) is 6.63. The lowest BCUT2D eigenvalue weighted by Gasteiger charge is -2.30. The first-order valence-electron chi connectivity index (χ1n) is 7.63. The molecule has 1 saturated carbocycles. The van der Waals surface area contributed by atoms with Gasteiger partial charge in [-0.1, -0.05) is 13.3 Å². The molecular weight excluding hydrogens is 240 g/mol. The number of carbonyl (C=O) groups is 1. The molecule has 1 amide bonds. The summed E-state index contributed by atoms with van der Waals surface area (Å²) in [6.45, 7) is 9.00. The summed E-state index contributed by atoms with van der Waals surface area (Å²) in [4.78, 5) is 11.7. The lowest BCUT2D eigenvalue weighted by atomic mass is 9.91. The zero-order valence-corrected chi connectivity index (χ0v) is 12.9. The molecule has 0 aromatic carbocycles.